The van der Waals surface area contributed by atoms with Crippen LogP contribution in [0.1, 0.15) is 29.9 Å². The molecule has 3 nitrogen and oxygen atoms in total. The molecule has 4 heteroatoms. The molecule has 2 aromatic heterocycles. The van der Waals surface area contributed by atoms with Crippen molar-refractivity contribution in [1.29, 1.82) is 0 Å². The molecule has 0 amide bonds. The SMILES string of the molecule is CCCN(CC)c1ccc2cc(C=O)sc2n1. The highest BCUT2D eigenvalue weighted by molar-refractivity contribution is 7.20. The molecule has 0 saturated carbocycles. The van der Waals surface area contributed by atoms with Crippen molar-refractivity contribution in [3.63, 3.8) is 0 Å². The summed E-state index contributed by atoms with van der Waals surface area (Å²) in [5, 5.41) is 1.05. The second-order valence-corrected chi connectivity index (χ2v) is 4.97. The molecule has 0 unspecified atom stereocenters. The average Bonchev–Trinajstić information content (AvgIpc) is 2.77. The second kappa shape index (κ2) is 5.27. The largest absolute Gasteiger partial charge is 0.357 e. The van der Waals surface area contributed by atoms with Crippen molar-refractivity contribution in [3.05, 3.63) is 23.1 Å². The molecule has 0 radical (unpaired) electrons. The second-order valence-electron chi connectivity index (χ2n) is 3.91. The summed E-state index contributed by atoms with van der Waals surface area (Å²) in [5.41, 5.74) is 0. The van der Waals surface area contributed by atoms with Crippen molar-refractivity contribution in [2.75, 3.05) is 18.0 Å². The molecule has 2 aromatic rings. The Morgan fingerprint density at radius 2 is 2.24 bits per heavy atom. The minimum absolute atomic E-state index is 0.739. The zero-order chi connectivity index (χ0) is 12.3. The van der Waals surface area contributed by atoms with Crippen LogP contribution < -0.4 is 4.90 Å². The van der Waals surface area contributed by atoms with Gasteiger partial charge in [0.25, 0.3) is 0 Å². The predicted molar refractivity (Wildman–Crippen MR) is 73.2 cm³/mol. The number of pyridine rings is 1. The van der Waals surface area contributed by atoms with Gasteiger partial charge in [-0.1, -0.05) is 6.92 Å². The van der Waals surface area contributed by atoms with Gasteiger partial charge in [-0.15, -0.1) is 11.3 Å². The lowest BCUT2D eigenvalue weighted by Gasteiger charge is -2.20. The first-order chi connectivity index (χ1) is 8.28. The van der Waals surface area contributed by atoms with Gasteiger partial charge in [0.1, 0.15) is 10.6 Å². The summed E-state index contributed by atoms with van der Waals surface area (Å²) < 4.78 is 0. The zero-order valence-electron chi connectivity index (χ0n) is 10.1. The van der Waals surface area contributed by atoms with Crippen LogP contribution in [0.3, 0.4) is 0 Å². The summed E-state index contributed by atoms with van der Waals surface area (Å²) in [5.74, 6) is 1.00. The molecule has 0 spiro atoms. The van der Waals surface area contributed by atoms with Crippen LogP contribution >= 0.6 is 11.3 Å². The van der Waals surface area contributed by atoms with E-state index in [4.69, 9.17) is 0 Å². The van der Waals surface area contributed by atoms with E-state index in [1.807, 2.05) is 18.2 Å². The molecular formula is C13H16N2OS. The summed E-state index contributed by atoms with van der Waals surface area (Å²) in [6.45, 7) is 6.27. The van der Waals surface area contributed by atoms with Gasteiger partial charge >= 0.3 is 0 Å². The number of aldehydes is 1. The third-order valence-corrected chi connectivity index (χ3v) is 3.67. The topological polar surface area (TPSA) is 33.2 Å². The normalized spacial score (nSPS) is 10.7. The van der Waals surface area contributed by atoms with Gasteiger partial charge in [0.2, 0.25) is 0 Å². The third-order valence-electron chi connectivity index (χ3n) is 2.70. The van der Waals surface area contributed by atoms with E-state index in [-0.39, 0.29) is 0 Å². The number of thiophene rings is 1. The lowest BCUT2D eigenvalue weighted by atomic mass is 10.3. The minimum atomic E-state index is 0.739. The van der Waals surface area contributed by atoms with Crippen molar-refractivity contribution in [2.24, 2.45) is 0 Å². The highest BCUT2D eigenvalue weighted by atomic mass is 32.1. The summed E-state index contributed by atoms with van der Waals surface area (Å²) in [7, 11) is 0. The van der Waals surface area contributed by atoms with Crippen LogP contribution in [-0.4, -0.2) is 24.4 Å². The standard InChI is InChI=1S/C13H16N2OS/c1-3-7-15(4-2)12-6-5-10-8-11(9-16)17-13(10)14-12/h5-6,8-9H,3-4,7H2,1-2H3. The Morgan fingerprint density at radius 3 is 2.88 bits per heavy atom. The zero-order valence-corrected chi connectivity index (χ0v) is 11.0. The summed E-state index contributed by atoms with van der Waals surface area (Å²) in [6, 6.07) is 5.96. The Hall–Kier alpha value is -1.42. The number of fused-ring (bicyclic) bond motifs is 1. The van der Waals surface area contributed by atoms with E-state index < -0.39 is 0 Å². The van der Waals surface area contributed by atoms with Crippen LogP contribution in [0.15, 0.2) is 18.2 Å². The first kappa shape index (κ1) is 12.0. The molecule has 0 aliphatic carbocycles. The molecule has 0 N–H and O–H groups in total. The van der Waals surface area contributed by atoms with Gasteiger partial charge in [-0.25, -0.2) is 4.98 Å². The van der Waals surface area contributed by atoms with E-state index in [1.165, 1.54) is 11.3 Å². The van der Waals surface area contributed by atoms with Crippen LogP contribution in [-0.2, 0) is 0 Å². The monoisotopic (exact) mass is 248 g/mol. The van der Waals surface area contributed by atoms with E-state index >= 15 is 0 Å². The van der Waals surface area contributed by atoms with Gasteiger partial charge in [0, 0.05) is 18.5 Å². The Balaban J connectivity index is 2.38. The van der Waals surface area contributed by atoms with Crippen molar-refractivity contribution in [2.45, 2.75) is 20.3 Å². The van der Waals surface area contributed by atoms with Gasteiger partial charge in [-0.2, -0.15) is 0 Å². The van der Waals surface area contributed by atoms with E-state index in [9.17, 15) is 4.79 Å². The van der Waals surface area contributed by atoms with E-state index in [1.54, 1.807) is 0 Å². The molecule has 2 rings (SSSR count). The fraction of sp³-hybridized carbons (Fsp3) is 0.385. The Kier molecular flexibility index (Phi) is 3.74. The molecular weight excluding hydrogens is 232 g/mol. The van der Waals surface area contributed by atoms with Crippen molar-refractivity contribution in [3.8, 4) is 0 Å². The summed E-state index contributed by atoms with van der Waals surface area (Å²) >= 11 is 1.45. The number of rotatable bonds is 5. The van der Waals surface area contributed by atoms with Crippen LogP contribution in [0, 0.1) is 0 Å². The van der Waals surface area contributed by atoms with Gasteiger partial charge in [-0.3, -0.25) is 4.79 Å². The van der Waals surface area contributed by atoms with Gasteiger partial charge in [0.15, 0.2) is 6.29 Å². The molecule has 17 heavy (non-hydrogen) atoms. The molecule has 90 valence electrons. The molecule has 0 aliphatic rings. The first-order valence-corrected chi connectivity index (χ1v) is 6.70. The van der Waals surface area contributed by atoms with Crippen LogP contribution in [0.4, 0.5) is 5.82 Å². The van der Waals surface area contributed by atoms with Gasteiger partial charge < -0.3 is 4.90 Å². The smallest absolute Gasteiger partial charge is 0.160 e. The number of carbonyl (C=O) groups excluding carboxylic acids is 1. The highest BCUT2D eigenvalue weighted by Crippen LogP contribution is 2.25. The predicted octanol–water partition coefficient (Wildman–Crippen LogP) is 3.35. The molecule has 2 heterocycles. The number of carbonyl (C=O) groups is 1. The molecule has 0 atom stereocenters. The fourth-order valence-corrected chi connectivity index (χ4v) is 2.71. The highest BCUT2D eigenvalue weighted by Gasteiger charge is 2.07. The molecule has 0 saturated heterocycles. The molecule has 0 aliphatic heterocycles. The Labute approximate surface area is 105 Å². The number of hydrogen-bond acceptors (Lipinski definition) is 4. The maximum Gasteiger partial charge on any atom is 0.160 e. The number of aromatic nitrogens is 1. The average molecular weight is 248 g/mol. The number of anilines is 1. The molecule has 0 aromatic carbocycles. The number of hydrogen-bond donors (Lipinski definition) is 0. The van der Waals surface area contributed by atoms with E-state index in [0.717, 1.165) is 46.7 Å². The third kappa shape index (κ3) is 2.47. The maximum absolute atomic E-state index is 10.7. The van der Waals surface area contributed by atoms with Crippen LogP contribution in [0.25, 0.3) is 10.2 Å². The summed E-state index contributed by atoms with van der Waals surface area (Å²) in [4.78, 5) is 19.3. The van der Waals surface area contributed by atoms with Crippen LogP contribution in [0.2, 0.25) is 0 Å². The lowest BCUT2D eigenvalue weighted by molar-refractivity contribution is 0.112. The minimum Gasteiger partial charge on any atom is -0.357 e. The Morgan fingerprint density at radius 1 is 1.41 bits per heavy atom. The first-order valence-electron chi connectivity index (χ1n) is 5.89. The van der Waals surface area contributed by atoms with E-state index in [0.29, 0.717) is 0 Å². The summed E-state index contributed by atoms with van der Waals surface area (Å²) in [6.07, 6.45) is 1.99. The maximum atomic E-state index is 10.7. The lowest BCUT2D eigenvalue weighted by Crippen LogP contribution is -2.24. The quantitative estimate of drug-likeness (QED) is 0.761. The number of nitrogens with zero attached hydrogens (tertiary/aromatic N) is 2. The van der Waals surface area contributed by atoms with Gasteiger partial charge in [-0.05, 0) is 31.5 Å². The molecule has 0 fully saturated rings. The van der Waals surface area contributed by atoms with Gasteiger partial charge in [0.05, 0.1) is 4.88 Å². The van der Waals surface area contributed by atoms with E-state index in [2.05, 4.69) is 23.7 Å². The Bertz CT molecular complexity index is 521. The van der Waals surface area contributed by atoms with Crippen LogP contribution in [0.5, 0.6) is 0 Å². The van der Waals surface area contributed by atoms with Crippen molar-refractivity contribution < 1.29 is 4.79 Å². The fourth-order valence-electron chi connectivity index (χ4n) is 1.87. The molecule has 0 bridgehead atoms. The van der Waals surface area contributed by atoms with Crippen molar-refractivity contribution >= 4 is 33.7 Å². The van der Waals surface area contributed by atoms with Crippen molar-refractivity contribution in [1.82, 2.24) is 4.98 Å².